The van der Waals surface area contributed by atoms with Gasteiger partial charge in [-0.1, -0.05) is 45.0 Å². The highest BCUT2D eigenvalue weighted by atomic mass is 16.5. The first-order valence-corrected chi connectivity index (χ1v) is 24.0. The van der Waals surface area contributed by atoms with Crippen molar-refractivity contribution < 1.29 is 53.1 Å². The number of aliphatic hydroxyl groups is 2. The number of aliphatic hydroxyl groups excluding tert-OH is 2. The van der Waals surface area contributed by atoms with Crippen molar-refractivity contribution in [3.8, 4) is 51.6 Å². The Labute approximate surface area is 430 Å². The van der Waals surface area contributed by atoms with Gasteiger partial charge in [0.2, 0.25) is 23.6 Å². The zero-order valence-electron chi connectivity index (χ0n) is 43.3. The van der Waals surface area contributed by atoms with Crippen molar-refractivity contribution in [2.75, 3.05) is 60.7 Å². The molecule has 398 valence electrons. The van der Waals surface area contributed by atoms with Crippen molar-refractivity contribution in [2.45, 2.75) is 96.2 Å². The average Bonchev–Trinajstić information content (AvgIpc) is 3.36. The number of nitriles is 1. The molecule has 6 atom stereocenters. The molecule has 22 heteroatoms. The summed E-state index contributed by atoms with van der Waals surface area (Å²) >= 11 is 0. The number of hydrogen-bond donors (Lipinski definition) is 9. The van der Waals surface area contributed by atoms with Gasteiger partial charge in [0.25, 0.3) is 5.91 Å². The highest BCUT2D eigenvalue weighted by molar-refractivity contribution is 6.01. The second-order valence-electron chi connectivity index (χ2n) is 18.9. The van der Waals surface area contributed by atoms with Gasteiger partial charge < -0.3 is 72.5 Å². The van der Waals surface area contributed by atoms with Crippen LogP contribution in [0.4, 0.5) is 0 Å². The number of hydrogen-bond acceptors (Lipinski definition) is 17. The third-order valence-corrected chi connectivity index (χ3v) is 12.3. The van der Waals surface area contributed by atoms with Crippen LogP contribution in [0.2, 0.25) is 0 Å². The number of nitrogens with two attached hydrogens (primary N) is 3. The SMILES string of the molecule is COc1c(OC[C@H](O)CN)cc2cc1-c1cc(cc(OC[C@H](O)CN)c1OC)[C@H](N(C)C(=O)[C@H](CCN)NC(=O)c1c(C)nc(-c3ccc(C(C)(C)C)cc3)nc1C)C(=O)N[C@@H](C)C(=O)N[C@H](C(=O)NCC#N)C2. The molecule has 5 rings (SSSR count). The van der Waals surface area contributed by atoms with Gasteiger partial charge in [0.05, 0.1) is 37.2 Å². The third-order valence-electron chi connectivity index (χ3n) is 12.3. The number of aromatic nitrogens is 2. The van der Waals surface area contributed by atoms with Gasteiger partial charge in [0.15, 0.2) is 28.8 Å². The van der Waals surface area contributed by atoms with E-state index in [9.17, 15) is 34.7 Å². The molecule has 0 unspecified atom stereocenters. The fourth-order valence-corrected chi connectivity index (χ4v) is 8.32. The number of nitrogens with one attached hydrogen (secondary N) is 4. The van der Waals surface area contributed by atoms with Crippen LogP contribution in [-0.2, 0) is 31.0 Å². The van der Waals surface area contributed by atoms with Crippen LogP contribution in [0.15, 0.2) is 48.5 Å². The molecule has 0 aliphatic carbocycles. The van der Waals surface area contributed by atoms with Crippen LogP contribution >= 0.6 is 0 Å². The molecule has 4 bridgehead atoms. The molecule has 1 aliphatic heterocycles. The standard InChI is InChI=1S/C52H69N11O11/c1-27-42(28(2)59-46(58-27)31-10-12-33(13-11-31)52(4,5)6)49(68)61-38(14-15-53)51(70)63(7)43-32-21-37(45(72-9)41(22-32)74-26-35(65)24-56)36-18-30(20-40(44(36)71-8)73-25-34(64)23-55)19-39(48(67)57-17-16-54)62-47(66)29(3)60-50(43)69/h10-13,18,20-22,29,34-35,38-39,43,64-65H,14-15,17,19,23-26,53,55-56H2,1-9H3,(H,57,67)(H,60,69)(H,61,68)(H,62,66)/t29-,34+,35+,38-,39-,43-/m0/s1. The fourth-order valence-electron chi connectivity index (χ4n) is 8.32. The van der Waals surface area contributed by atoms with Crippen molar-refractivity contribution in [2.24, 2.45) is 17.2 Å². The molecule has 12 N–H and O–H groups in total. The Morgan fingerprint density at radius 2 is 1.45 bits per heavy atom. The third kappa shape index (κ3) is 13.8. The lowest BCUT2D eigenvalue weighted by molar-refractivity contribution is -0.141. The van der Waals surface area contributed by atoms with E-state index >= 15 is 4.79 Å². The predicted molar refractivity (Wildman–Crippen MR) is 274 cm³/mol. The Balaban J connectivity index is 1.69. The Morgan fingerprint density at radius 1 is 0.878 bits per heavy atom. The number of aryl methyl sites for hydroxylation is 2. The average molecular weight is 1020 g/mol. The monoisotopic (exact) mass is 1020 g/mol. The van der Waals surface area contributed by atoms with Gasteiger partial charge in [-0.25, -0.2) is 9.97 Å². The first-order valence-electron chi connectivity index (χ1n) is 24.0. The van der Waals surface area contributed by atoms with Crippen LogP contribution < -0.4 is 57.4 Å². The predicted octanol–water partition coefficient (Wildman–Crippen LogP) is 0.971. The van der Waals surface area contributed by atoms with Crippen LogP contribution in [0.25, 0.3) is 22.5 Å². The lowest BCUT2D eigenvalue weighted by atomic mass is 9.86. The quantitative estimate of drug-likeness (QED) is 0.0591. The zero-order valence-corrected chi connectivity index (χ0v) is 43.3. The summed E-state index contributed by atoms with van der Waals surface area (Å²) in [5, 5.41) is 40.9. The Hall–Kier alpha value is -7.42. The summed E-state index contributed by atoms with van der Waals surface area (Å²) in [6, 6.07) is 10.2. The molecule has 5 amide bonds. The van der Waals surface area contributed by atoms with E-state index in [0.29, 0.717) is 22.8 Å². The Bertz CT molecular complexity index is 2700. The second-order valence-corrected chi connectivity index (χ2v) is 18.9. The molecule has 3 aromatic carbocycles. The number of rotatable bonds is 19. The number of nitrogens with zero attached hydrogens (tertiary/aromatic N) is 4. The molecule has 1 aromatic heterocycles. The number of methoxy groups -OCH3 is 2. The van der Waals surface area contributed by atoms with Crippen molar-refractivity contribution in [3.05, 3.63) is 82.2 Å². The minimum atomic E-state index is -1.63. The van der Waals surface area contributed by atoms with E-state index < -0.39 is 65.9 Å². The minimum absolute atomic E-state index is 0.0300. The van der Waals surface area contributed by atoms with Gasteiger partial charge in [-0.15, -0.1) is 0 Å². The number of carbonyl (C=O) groups excluding carboxylic acids is 5. The summed E-state index contributed by atoms with van der Waals surface area (Å²) in [6.45, 7) is 9.61. The minimum Gasteiger partial charge on any atom is -0.492 e. The largest absolute Gasteiger partial charge is 0.492 e. The fraction of sp³-hybridized carbons (Fsp3) is 0.462. The molecule has 0 fully saturated rings. The summed E-state index contributed by atoms with van der Waals surface area (Å²) in [5.74, 6) is -3.29. The highest BCUT2D eigenvalue weighted by Gasteiger charge is 2.38. The molecule has 4 aromatic rings. The lowest BCUT2D eigenvalue weighted by Crippen LogP contribution is -2.56. The van der Waals surface area contributed by atoms with Gasteiger partial charge in [0.1, 0.15) is 56.1 Å². The molecule has 0 spiro atoms. The molecule has 0 saturated heterocycles. The van der Waals surface area contributed by atoms with Crippen molar-refractivity contribution in [1.82, 2.24) is 36.1 Å². The maximum absolute atomic E-state index is 15.0. The van der Waals surface area contributed by atoms with Crippen LogP contribution in [0.5, 0.6) is 23.0 Å². The summed E-state index contributed by atoms with van der Waals surface area (Å²) in [5.41, 5.74) is 21.0. The van der Waals surface area contributed by atoms with Gasteiger partial charge in [0, 0.05) is 43.2 Å². The molecule has 0 saturated carbocycles. The van der Waals surface area contributed by atoms with Gasteiger partial charge in [-0.3, -0.25) is 24.0 Å². The number of carbonyl (C=O) groups is 5. The van der Waals surface area contributed by atoms with E-state index in [-0.39, 0.29) is 103 Å². The lowest BCUT2D eigenvalue weighted by Gasteiger charge is -2.33. The molecule has 0 radical (unpaired) electrons. The molecular weight excluding hydrogens is 955 g/mol. The summed E-state index contributed by atoms with van der Waals surface area (Å²) in [4.78, 5) is 82.3. The number of likely N-dealkylation sites (N-methyl/N-ethyl adjacent to an activating group) is 1. The van der Waals surface area contributed by atoms with Crippen LogP contribution in [0.1, 0.15) is 78.6 Å². The molecular formula is C52H69N11O11. The number of fused-ring (bicyclic) bond motifs is 5. The maximum atomic E-state index is 15.0. The topological polar surface area (TPSA) is 342 Å². The first kappa shape index (κ1) is 57.5. The van der Waals surface area contributed by atoms with Crippen LogP contribution in [0.3, 0.4) is 0 Å². The summed E-state index contributed by atoms with van der Waals surface area (Å²) in [7, 11) is 4.05. The van der Waals surface area contributed by atoms with Gasteiger partial charge in [-0.2, -0.15) is 5.26 Å². The summed E-state index contributed by atoms with van der Waals surface area (Å²) in [6.07, 6.45) is -2.54. The Morgan fingerprint density at radius 3 is 1.97 bits per heavy atom. The highest BCUT2D eigenvalue weighted by Crippen LogP contribution is 2.48. The van der Waals surface area contributed by atoms with E-state index in [0.717, 1.165) is 16.0 Å². The van der Waals surface area contributed by atoms with E-state index in [1.54, 1.807) is 26.0 Å². The van der Waals surface area contributed by atoms with E-state index in [4.69, 9.17) is 36.1 Å². The van der Waals surface area contributed by atoms with Crippen molar-refractivity contribution in [3.63, 3.8) is 0 Å². The molecule has 74 heavy (non-hydrogen) atoms. The van der Waals surface area contributed by atoms with Gasteiger partial charge in [-0.05, 0) is 80.1 Å². The van der Waals surface area contributed by atoms with Gasteiger partial charge >= 0.3 is 0 Å². The number of ether oxygens (including phenoxy) is 4. The van der Waals surface area contributed by atoms with Crippen LogP contribution in [-0.4, -0.2) is 146 Å². The second kappa shape index (κ2) is 25.5. The molecule has 22 nitrogen and oxygen atoms in total. The van der Waals surface area contributed by atoms with E-state index in [2.05, 4.69) is 52.0 Å². The molecule has 1 aliphatic rings. The van der Waals surface area contributed by atoms with Crippen molar-refractivity contribution in [1.29, 1.82) is 5.26 Å². The zero-order chi connectivity index (χ0) is 54.6. The number of benzene rings is 3. The Kier molecular flexibility index (Phi) is 19.8. The van der Waals surface area contributed by atoms with E-state index in [1.807, 2.05) is 30.3 Å². The summed E-state index contributed by atoms with van der Waals surface area (Å²) < 4.78 is 24.2. The van der Waals surface area contributed by atoms with Crippen LogP contribution in [0, 0.1) is 25.2 Å². The van der Waals surface area contributed by atoms with Crippen molar-refractivity contribution >= 4 is 29.5 Å². The number of amides is 5. The normalized spacial score (nSPS) is 17.0. The van der Waals surface area contributed by atoms with E-state index in [1.165, 1.54) is 40.3 Å². The molecule has 2 heterocycles. The first-order chi connectivity index (χ1) is 35.1. The smallest absolute Gasteiger partial charge is 0.255 e. The maximum Gasteiger partial charge on any atom is 0.255 e.